The number of aliphatic carboxylic acids is 2. The lowest BCUT2D eigenvalue weighted by Gasteiger charge is -2.46. The van der Waals surface area contributed by atoms with E-state index in [9.17, 15) is 19.8 Å². The molecule has 2 aliphatic rings. The number of carboxylic acids is 2. The molecular weight excluding hydrogens is 280 g/mol. The number of rotatable bonds is 5. The zero-order valence-corrected chi connectivity index (χ0v) is 13.9. The highest BCUT2D eigenvalue weighted by Gasteiger charge is 2.52. The first kappa shape index (κ1) is 17.3. The first-order chi connectivity index (χ1) is 10.3. The third-order valence-corrected chi connectivity index (χ3v) is 6.51. The van der Waals surface area contributed by atoms with Crippen LogP contribution in [0, 0.1) is 22.7 Å². The molecule has 0 unspecified atom stereocenters. The molecule has 4 nitrogen and oxygen atoms in total. The van der Waals surface area contributed by atoms with Gasteiger partial charge in [-0.1, -0.05) is 32.6 Å². The normalized spacial score (nSPS) is 39.4. The van der Waals surface area contributed by atoms with Crippen LogP contribution in [0.25, 0.3) is 0 Å². The molecular formula is C18H30O4. The van der Waals surface area contributed by atoms with E-state index in [1.54, 1.807) is 6.92 Å². The molecule has 0 heterocycles. The maximum atomic E-state index is 12.0. The summed E-state index contributed by atoms with van der Waals surface area (Å²) in [4.78, 5) is 23.4. The van der Waals surface area contributed by atoms with Crippen LogP contribution in [0.4, 0.5) is 0 Å². The van der Waals surface area contributed by atoms with Crippen LogP contribution in [-0.2, 0) is 9.59 Å². The third-order valence-electron chi connectivity index (χ3n) is 6.51. The average molecular weight is 310 g/mol. The molecule has 0 aromatic carbocycles. The average Bonchev–Trinajstić information content (AvgIpc) is 2.49. The van der Waals surface area contributed by atoms with E-state index in [1.165, 1.54) is 12.8 Å². The molecule has 0 radical (unpaired) electrons. The van der Waals surface area contributed by atoms with Crippen LogP contribution in [-0.4, -0.2) is 22.2 Å². The van der Waals surface area contributed by atoms with Crippen LogP contribution in [0.1, 0.15) is 78.1 Å². The minimum absolute atomic E-state index is 0.233. The van der Waals surface area contributed by atoms with Gasteiger partial charge in [-0.15, -0.1) is 0 Å². The number of carbonyl (C=O) groups is 2. The van der Waals surface area contributed by atoms with Gasteiger partial charge in [0.15, 0.2) is 0 Å². The van der Waals surface area contributed by atoms with E-state index >= 15 is 0 Å². The minimum Gasteiger partial charge on any atom is -0.481 e. The molecule has 0 bridgehead atoms. The standard InChI is InChI=1S/C18H30O4/c1-3-4-13-5-7-14(8-6-13)18(16(21)22)11-9-17(2,10-12-18)15(19)20/h13-14H,3-12H2,1-2H3,(H,19,20)(H,21,22). The fourth-order valence-electron chi connectivity index (χ4n) is 4.67. The molecule has 126 valence electrons. The summed E-state index contributed by atoms with van der Waals surface area (Å²) in [6, 6.07) is 0. The molecule has 4 heteroatoms. The highest BCUT2D eigenvalue weighted by atomic mass is 16.4. The van der Waals surface area contributed by atoms with Gasteiger partial charge in [0, 0.05) is 0 Å². The fraction of sp³-hybridized carbons (Fsp3) is 0.889. The van der Waals surface area contributed by atoms with Crippen LogP contribution in [0.3, 0.4) is 0 Å². The largest absolute Gasteiger partial charge is 0.481 e. The van der Waals surface area contributed by atoms with E-state index in [-0.39, 0.29) is 5.92 Å². The van der Waals surface area contributed by atoms with Crippen LogP contribution in [0.2, 0.25) is 0 Å². The quantitative estimate of drug-likeness (QED) is 0.792. The zero-order chi connectivity index (χ0) is 16.4. The smallest absolute Gasteiger partial charge is 0.309 e. The molecule has 0 aliphatic heterocycles. The second-order valence-electron chi connectivity index (χ2n) is 7.83. The van der Waals surface area contributed by atoms with E-state index in [0.29, 0.717) is 25.7 Å². The SMILES string of the molecule is CCCC1CCC(C2(C(=O)O)CCC(C)(C(=O)O)CC2)CC1. The highest BCUT2D eigenvalue weighted by Crippen LogP contribution is 2.53. The molecule has 2 N–H and O–H groups in total. The Morgan fingerprint density at radius 2 is 1.50 bits per heavy atom. The van der Waals surface area contributed by atoms with Crippen LogP contribution in [0.5, 0.6) is 0 Å². The lowest BCUT2D eigenvalue weighted by molar-refractivity contribution is -0.165. The van der Waals surface area contributed by atoms with Gasteiger partial charge in [-0.2, -0.15) is 0 Å². The molecule has 2 saturated carbocycles. The van der Waals surface area contributed by atoms with Crippen molar-refractivity contribution < 1.29 is 19.8 Å². The van der Waals surface area contributed by atoms with Crippen molar-refractivity contribution in [2.24, 2.45) is 22.7 Å². The third kappa shape index (κ3) is 3.16. The van der Waals surface area contributed by atoms with Gasteiger partial charge in [-0.25, -0.2) is 0 Å². The summed E-state index contributed by atoms with van der Waals surface area (Å²) in [5.74, 6) is -0.478. The summed E-state index contributed by atoms with van der Waals surface area (Å²) in [5, 5.41) is 19.2. The summed E-state index contributed by atoms with van der Waals surface area (Å²) in [5.41, 5.74) is -1.41. The minimum atomic E-state index is -0.779. The van der Waals surface area contributed by atoms with Gasteiger partial charge in [0.2, 0.25) is 0 Å². The van der Waals surface area contributed by atoms with Crippen molar-refractivity contribution in [1.29, 1.82) is 0 Å². The topological polar surface area (TPSA) is 74.6 Å². The van der Waals surface area contributed by atoms with Gasteiger partial charge in [0.05, 0.1) is 10.8 Å². The van der Waals surface area contributed by atoms with Crippen molar-refractivity contribution >= 4 is 11.9 Å². The second-order valence-corrected chi connectivity index (χ2v) is 7.83. The van der Waals surface area contributed by atoms with Crippen LogP contribution in [0.15, 0.2) is 0 Å². The van der Waals surface area contributed by atoms with Crippen molar-refractivity contribution in [3.63, 3.8) is 0 Å². The Morgan fingerprint density at radius 3 is 1.91 bits per heavy atom. The Morgan fingerprint density at radius 1 is 0.955 bits per heavy atom. The molecule has 2 rings (SSSR count). The first-order valence-corrected chi connectivity index (χ1v) is 8.81. The fourth-order valence-corrected chi connectivity index (χ4v) is 4.67. The Kier molecular flexibility index (Phi) is 5.18. The van der Waals surface area contributed by atoms with Crippen molar-refractivity contribution in [3.05, 3.63) is 0 Å². The molecule has 22 heavy (non-hydrogen) atoms. The summed E-state index contributed by atoms with van der Waals surface area (Å²) in [6.07, 6.45) is 8.77. The Balaban J connectivity index is 2.06. The van der Waals surface area contributed by atoms with Crippen molar-refractivity contribution in [3.8, 4) is 0 Å². The zero-order valence-electron chi connectivity index (χ0n) is 13.9. The lowest BCUT2D eigenvalue weighted by Crippen LogP contribution is -2.47. The molecule has 2 fully saturated rings. The van der Waals surface area contributed by atoms with Gasteiger partial charge in [-0.3, -0.25) is 9.59 Å². The number of hydrogen-bond donors (Lipinski definition) is 2. The van der Waals surface area contributed by atoms with E-state index < -0.39 is 22.8 Å². The number of hydrogen-bond acceptors (Lipinski definition) is 2. The van der Waals surface area contributed by atoms with E-state index in [4.69, 9.17) is 0 Å². The molecule has 0 spiro atoms. The lowest BCUT2D eigenvalue weighted by atomic mass is 9.56. The molecule has 0 amide bonds. The summed E-state index contributed by atoms with van der Waals surface area (Å²) in [7, 11) is 0. The monoisotopic (exact) mass is 310 g/mol. The molecule has 0 saturated heterocycles. The maximum absolute atomic E-state index is 12.0. The van der Waals surface area contributed by atoms with Gasteiger partial charge in [-0.05, 0) is 57.3 Å². The van der Waals surface area contributed by atoms with E-state index in [1.807, 2.05) is 0 Å². The van der Waals surface area contributed by atoms with Gasteiger partial charge >= 0.3 is 11.9 Å². The highest BCUT2D eigenvalue weighted by molar-refractivity contribution is 5.78. The van der Waals surface area contributed by atoms with Gasteiger partial charge < -0.3 is 10.2 Å². The molecule has 0 aromatic rings. The van der Waals surface area contributed by atoms with Crippen LogP contribution >= 0.6 is 0 Å². The summed E-state index contributed by atoms with van der Waals surface area (Å²) in [6.45, 7) is 3.97. The predicted molar refractivity (Wildman–Crippen MR) is 84.6 cm³/mol. The molecule has 0 aromatic heterocycles. The summed E-state index contributed by atoms with van der Waals surface area (Å²) >= 11 is 0. The van der Waals surface area contributed by atoms with E-state index in [2.05, 4.69) is 6.92 Å². The maximum Gasteiger partial charge on any atom is 0.309 e. The second kappa shape index (κ2) is 6.59. The van der Waals surface area contributed by atoms with Crippen molar-refractivity contribution in [2.45, 2.75) is 78.1 Å². The van der Waals surface area contributed by atoms with E-state index in [0.717, 1.165) is 31.6 Å². The number of carboxylic acid groups (broad SMARTS) is 2. The molecule has 2 aliphatic carbocycles. The summed E-state index contributed by atoms with van der Waals surface area (Å²) < 4.78 is 0. The Hall–Kier alpha value is -1.06. The predicted octanol–water partition coefficient (Wildman–Crippen LogP) is 4.33. The molecule has 0 atom stereocenters. The van der Waals surface area contributed by atoms with Gasteiger partial charge in [0.1, 0.15) is 0 Å². The van der Waals surface area contributed by atoms with Crippen molar-refractivity contribution in [1.82, 2.24) is 0 Å². The van der Waals surface area contributed by atoms with Crippen LogP contribution < -0.4 is 0 Å². The Bertz CT molecular complexity index is 413. The van der Waals surface area contributed by atoms with Crippen molar-refractivity contribution in [2.75, 3.05) is 0 Å². The first-order valence-electron chi connectivity index (χ1n) is 8.81. The Labute approximate surface area is 133 Å². The van der Waals surface area contributed by atoms with Gasteiger partial charge in [0.25, 0.3) is 0 Å².